The number of nitrogens with one attached hydrogen (secondary N) is 1. The molecular weight excluding hydrogens is 412 g/mol. The highest BCUT2D eigenvalue weighted by Crippen LogP contribution is 2.40. The Kier molecular flexibility index (Phi) is 7.03. The second kappa shape index (κ2) is 9.48. The molecule has 148 valence electrons. The Morgan fingerprint density at radius 3 is 2.71 bits per heavy atom. The van der Waals surface area contributed by atoms with Gasteiger partial charge in [-0.25, -0.2) is 4.98 Å². The molecule has 2 aromatic heterocycles. The Morgan fingerprint density at radius 1 is 1.21 bits per heavy atom. The minimum atomic E-state index is 0.104. The van der Waals surface area contributed by atoms with E-state index in [0.29, 0.717) is 6.04 Å². The van der Waals surface area contributed by atoms with Crippen LogP contribution in [-0.4, -0.2) is 32.4 Å². The molecule has 1 unspecified atom stereocenters. The molecule has 0 fully saturated rings. The van der Waals surface area contributed by atoms with Crippen molar-refractivity contribution in [2.45, 2.75) is 52.6 Å². The van der Waals surface area contributed by atoms with Crippen molar-refractivity contribution < 1.29 is 0 Å². The molecule has 4 nitrogen and oxygen atoms in total. The van der Waals surface area contributed by atoms with Crippen molar-refractivity contribution in [1.29, 1.82) is 0 Å². The van der Waals surface area contributed by atoms with Crippen molar-refractivity contribution in [3.05, 3.63) is 70.4 Å². The number of hydrogen-bond acceptors (Lipinski definition) is 3. The summed E-state index contributed by atoms with van der Waals surface area (Å²) in [4.78, 5) is 15.4. The van der Waals surface area contributed by atoms with Crippen LogP contribution < -0.4 is 0 Å². The number of benzene rings is 1. The van der Waals surface area contributed by atoms with Crippen molar-refractivity contribution in [3.63, 3.8) is 0 Å². The Morgan fingerprint density at radius 2 is 2.00 bits per heavy atom. The summed E-state index contributed by atoms with van der Waals surface area (Å²) in [6, 6.07) is 9.14. The van der Waals surface area contributed by atoms with Crippen LogP contribution in [0.3, 0.4) is 0 Å². The standard InChI is InChI=1S/C21H23BrN4.C2H6/c1-3-4-7-10-26-14(2)11-16-15-8-5-6-9-17(15)25-20(16)21(26)18-12-24-19(22)13-23-18;1-2/h3-6,8-9,12-14,21,25H,7,10-11H2,1-2H3;1-2H3/b4-3-;/t14-,21?;/m1./s1. The first-order chi connectivity index (χ1) is 13.7. The van der Waals surface area contributed by atoms with Crippen LogP contribution in [0.1, 0.15) is 57.1 Å². The van der Waals surface area contributed by atoms with E-state index >= 15 is 0 Å². The Balaban J connectivity index is 0.00000109. The second-order valence-corrected chi connectivity index (χ2v) is 7.69. The van der Waals surface area contributed by atoms with Crippen LogP contribution in [0.15, 0.2) is 53.4 Å². The maximum atomic E-state index is 4.69. The summed E-state index contributed by atoms with van der Waals surface area (Å²) in [5, 5.41) is 1.33. The molecule has 1 aliphatic rings. The van der Waals surface area contributed by atoms with Gasteiger partial charge in [-0.2, -0.15) is 0 Å². The number of H-pyrrole nitrogens is 1. The molecule has 1 N–H and O–H groups in total. The first kappa shape index (κ1) is 20.7. The quantitative estimate of drug-likeness (QED) is 0.502. The molecule has 0 aliphatic carbocycles. The van der Waals surface area contributed by atoms with Crippen LogP contribution in [0.4, 0.5) is 0 Å². The number of nitrogens with zero attached hydrogens (tertiary/aromatic N) is 3. The van der Waals surface area contributed by atoms with Crippen molar-refractivity contribution >= 4 is 26.8 Å². The maximum absolute atomic E-state index is 4.69. The van der Waals surface area contributed by atoms with E-state index in [1.807, 2.05) is 20.0 Å². The highest BCUT2D eigenvalue weighted by atomic mass is 79.9. The van der Waals surface area contributed by atoms with Gasteiger partial charge in [0, 0.05) is 29.2 Å². The fourth-order valence-corrected chi connectivity index (χ4v) is 4.23. The summed E-state index contributed by atoms with van der Waals surface area (Å²) in [5.41, 5.74) is 4.88. The Labute approximate surface area is 176 Å². The van der Waals surface area contributed by atoms with E-state index in [-0.39, 0.29) is 6.04 Å². The fourth-order valence-electron chi connectivity index (χ4n) is 4.03. The average Bonchev–Trinajstić information content (AvgIpc) is 3.09. The van der Waals surface area contributed by atoms with Gasteiger partial charge in [-0.3, -0.25) is 9.88 Å². The Bertz CT molecular complexity index is 929. The number of allylic oxidation sites excluding steroid dienone is 1. The average molecular weight is 441 g/mol. The van der Waals surface area contributed by atoms with Gasteiger partial charge in [0.2, 0.25) is 0 Å². The lowest BCUT2D eigenvalue weighted by molar-refractivity contribution is 0.149. The molecule has 3 heterocycles. The van der Waals surface area contributed by atoms with Gasteiger partial charge in [0.15, 0.2) is 0 Å². The molecule has 4 rings (SSSR count). The highest BCUT2D eigenvalue weighted by molar-refractivity contribution is 9.10. The van der Waals surface area contributed by atoms with Crippen molar-refractivity contribution in [2.24, 2.45) is 0 Å². The van der Waals surface area contributed by atoms with Gasteiger partial charge in [0.25, 0.3) is 0 Å². The highest BCUT2D eigenvalue weighted by Gasteiger charge is 2.36. The van der Waals surface area contributed by atoms with E-state index in [1.54, 1.807) is 6.20 Å². The monoisotopic (exact) mass is 440 g/mol. The third-order valence-electron chi connectivity index (χ3n) is 5.23. The van der Waals surface area contributed by atoms with Crippen LogP contribution in [0.2, 0.25) is 0 Å². The number of fused-ring (bicyclic) bond motifs is 3. The van der Waals surface area contributed by atoms with Gasteiger partial charge in [0.05, 0.1) is 24.1 Å². The number of halogens is 1. The lowest BCUT2D eigenvalue weighted by Crippen LogP contribution is -2.43. The van der Waals surface area contributed by atoms with Gasteiger partial charge in [-0.15, -0.1) is 0 Å². The number of aromatic amines is 1. The molecule has 0 radical (unpaired) electrons. The van der Waals surface area contributed by atoms with E-state index in [2.05, 4.69) is 81.1 Å². The van der Waals surface area contributed by atoms with E-state index in [1.165, 1.54) is 22.2 Å². The van der Waals surface area contributed by atoms with Crippen LogP contribution in [0, 0.1) is 0 Å². The van der Waals surface area contributed by atoms with Crippen LogP contribution in [0.5, 0.6) is 0 Å². The minimum absolute atomic E-state index is 0.104. The predicted octanol–water partition coefficient (Wildman–Crippen LogP) is 6.05. The first-order valence-electron chi connectivity index (χ1n) is 10.1. The molecule has 3 aromatic rings. The third-order valence-corrected chi connectivity index (χ3v) is 5.64. The van der Waals surface area contributed by atoms with Gasteiger partial charge in [0.1, 0.15) is 4.60 Å². The van der Waals surface area contributed by atoms with Crippen molar-refractivity contribution in [3.8, 4) is 0 Å². The summed E-state index contributed by atoms with van der Waals surface area (Å²) in [6.07, 6.45) is 10.1. The smallest absolute Gasteiger partial charge is 0.124 e. The molecule has 0 bridgehead atoms. The number of rotatable bonds is 4. The zero-order valence-electron chi connectivity index (χ0n) is 17.1. The minimum Gasteiger partial charge on any atom is -0.357 e. The SMILES string of the molecule is C/C=C\CCN1C(c2cnc(Br)cn2)c2[nH]c3ccccc3c2C[C@H]1C.CC. The molecule has 0 saturated carbocycles. The summed E-state index contributed by atoms with van der Waals surface area (Å²) in [7, 11) is 0. The second-order valence-electron chi connectivity index (χ2n) is 6.88. The van der Waals surface area contributed by atoms with Crippen LogP contribution >= 0.6 is 15.9 Å². The topological polar surface area (TPSA) is 44.8 Å². The zero-order chi connectivity index (χ0) is 20.1. The van der Waals surface area contributed by atoms with Crippen molar-refractivity contribution in [2.75, 3.05) is 6.54 Å². The van der Waals surface area contributed by atoms with Crippen LogP contribution in [0.25, 0.3) is 10.9 Å². The molecule has 1 aliphatic heterocycles. The molecule has 5 heteroatoms. The molecule has 0 spiro atoms. The molecule has 2 atom stereocenters. The molecule has 28 heavy (non-hydrogen) atoms. The number of aromatic nitrogens is 3. The molecule has 0 saturated heterocycles. The van der Waals surface area contributed by atoms with E-state index in [0.717, 1.165) is 29.7 Å². The fraction of sp³-hybridized carbons (Fsp3) is 0.391. The van der Waals surface area contributed by atoms with E-state index in [4.69, 9.17) is 4.98 Å². The predicted molar refractivity (Wildman–Crippen MR) is 121 cm³/mol. The number of hydrogen-bond donors (Lipinski definition) is 1. The van der Waals surface area contributed by atoms with Crippen molar-refractivity contribution in [1.82, 2.24) is 19.9 Å². The van der Waals surface area contributed by atoms with E-state index in [9.17, 15) is 0 Å². The lowest BCUT2D eigenvalue weighted by Gasteiger charge is -2.40. The first-order valence-corrected chi connectivity index (χ1v) is 10.9. The van der Waals surface area contributed by atoms with Gasteiger partial charge >= 0.3 is 0 Å². The number of para-hydroxylation sites is 1. The largest absolute Gasteiger partial charge is 0.357 e. The van der Waals surface area contributed by atoms with Gasteiger partial charge in [-0.05, 0) is 54.2 Å². The summed E-state index contributed by atoms with van der Waals surface area (Å²) < 4.78 is 0.766. The summed E-state index contributed by atoms with van der Waals surface area (Å²) in [6.45, 7) is 9.40. The molecule has 0 amide bonds. The molecule has 1 aromatic carbocycles. The maximum Gasteiger partial charge on any atom is 0.124 e. The normalized spacial score (nSPS) is 19.5. The lowest BCUT2D eigenvalue weighted by atomic mass is 9.90. The van der Waals surface area contributed by atoms with Crippen LogP contribution in [-0.2, 0) is 6.42 Å². The Hall–Kier alpha value is -1.98. The summed E-state index contributed by atoms with van der Waals surface area (Å²) >= 11 is 3.40. The van der Waals surface area contributed by atoms with E-state index < -0.39 is 0 Å². The summed E-state index contributed by atoms with van der Waals surface area (Å²) in [5.74, 6) is 0. The molecular formula is C23H29BrN4. The third kappa shape index (κ3) is 4.06. The van der Waals surface area contributed by atoms with Gasteiger partial charge in [-0.1, -0.05) is 44.2 Å². The van der Waals surface area contributed by atoms with Gasteiger partial charge < -0.3 is 4.98 Å². The zero-order valence-corrected chi connectivity index (χ0v) is 18.7.